The van der Waals surface area contributed by atoms with Gasteiger partial charge >= 0.3 is 5.92 Å². The van der Waals surface area contributed by atoms with E-state index in [1.54, 1.807) is 23.1 Å². The van der Waals surface area contributed by atoms with Crippen LogP contribution in [0.25, 0.3) is 21.6 Å². The van der Waals surface area contributed by atoms with Gasteiger partial charge in [0.1, 0.15) is 0 Å². The number of benzene rings is 2. The lowest BCUT2D eigenvalue weighted by atomic mass is 10.1. The Morgan fingerprint density at radius 2 is 1.88 bits per heavy atom. The fraction of sp³-hybridized carbons (Fsp3) is 0.273. The standard InChI is InChI=1S/C22H18ClF2N9/c23-17-9-5-4-6-14(17)12-34-20-18(30-32-34)19(33-11-10-16(13-33)29-31-26)27-21(28-20)22(24,25)15-7-2-1-3-8-15/h1-9,16H,10-13H2. The van der Waals surface area contributed by atoms with Crippen LogP contribution < -0.4 is 4.90 Å². The molecule has 0 amide bonds. The molecule has 172 valence electrons. The molecule has 1 unspecified atom stereocenters. The summed E-state index contributed by atoms with van der Waals surface area (Å²) in [6, 6.07) is 14.3. The van der Waals surface area contributed by atoms with Crippen molar-refractivity contribution >= 4 is 28.6 Å². The number of hydrogen-bond donors (Lipinski definition) is 0. The number of alkyl halides is 2. The van der Waals surface area contributed by atoms with E-state index in [1.165, 1.54) is 28.9 Å². The van der Waals surface area contributed by atoms with Crippen molar-refractivity contribution in [1.82, 2.24) is 25.0 Å². The Morgan fingerprint density at radius 3 is 2.65 bits per heavy atom. The van der Waals surface area contributed by atoms with Crippen molar-refractivity contribution in [2.24, 2.45) is 5.11 Å². The van der Waals surface area contributed by atoms with E-state index in [0.29, 0.717) is 30.0 Å². The third-order valence-electron chi connectivity index (χ3n) is 5.72. The minimum absolute atomic E-state index is 0.169. The van der Waals surface area contributed by atoms with Gasteiger partial charge in [0.25, 0.3) is 0 Å². The third kappa shape index (κ3) is 4.00. The highest BCUT2D eigenvalue weighted by Gasteiger charge is 2.39. The average Bonchev–Trinajstić information content (AvgIpc) is 3.48. The lowest BCUT2D eigenvalue weighted by Crippen LogP contribution is -2.26. The first-order valence-electron chi connectivity index (χ1n) is 10.5. The van der Waals surface area contributed by atoms with Crippen molar-refractivity contribution in [3.8, 4) is 0 Å². The summed E-state index contributed by atoms with van der Waals surface area (Å²) in [5, 5.41) is 12.7. The molecule has 34 heavy (non-hydrogen) atoms. The van der Waals surface area contributed by atoms with E-state index in [-0.39, 0.29) is 29.6 Å². The topological polar surface area (TPSA) is 108 Å². The van der Waals surface area contributed by atoms with Gasteiger partial charge in [-0.2, -0.15) is 8.78 Å². The summed E-state index contributed by atoms with van der Waals surface area (Å²) >= 11 is 6.29. The Bertz CT molecular complexity index is 1390. The zero-order valence-electron chi connectivity index (χ0n) is 17.8. The molecule has 0 bridgehead atoms. The zero-order chi connectivity index (χ0) is 23.7. The average molecular weight is 482 g/mol. The fourth-order valence-corrected chi connectivity index (χ4v) is 4.17. The second kappa shape index (κ2) is 8.85. The molecule has 1 saturated heterocycles. The molecular weight excluding hydrogens is 464 g/mol. The highest BCUT2D eigenvalue weighted by molar-refractivity contribution is 6.31. The summed E-state index contributed by atoms with van der Waals surface area (Å²) in [6.45, 7) is 1.01. The predicted molar refractivity (Wildman–Crippen MR) is 123 cm³/mol. The Kier molecular flexibility index (Phi) is 5.72. The minimum atomic E-state index is -3.45. The quantitative estimate of drug-likeness (QED) is 0.220. The van der Waals surface area contributed by atoms with E-state index in [4.69, 9.17) is 17.1 Å². The summed E-state index contributed by atoms with van der Waals surface area (Å²) in [4.78, 5) is 13.1. The Balaban J connectivity index is 1.65. The van der Waals surface area contributed by atoms with Crippen molar-refractivity contribution < 1.29 is 8.78 Å². The number of nitrogens with zero attached hydrogens (tertiary/aromatic N) is 9. The number of aromatic nitrogens is 5. The molecule has 3 heterocycles. The second-order valence-electron chi connectivity index (χ2n) is 7.92. The highest BCUT2D eigenvalue weighted by atomic mass is 35.5. The maximum Gasteiger partial charge on any atom is 0.331 e. The molecule has 2 aromatic heterocycles. The molecule has 0 radical (unpaired) electrons. The third-order valence-corrected chi connectivity index (χ3v) is 6.09. The largest absolute Gasteiger partial charge is 0.354 e. The lowest BCUT2D eigenvalue weighted by molar-refractivity contribution is 0.0332. The van der Waals surface area contributed by atoms with Gasteiger partial charge in [-0.05, 0) is 23.6 Å². The monoisotopic (exact) mass is 481 g/mol. The van der Waals surface area contributed by atoms with Gasteiger partial charge in [-0.1, -0.05) is 70.5 Å². The van der Waals surface area contributed by atoms with Crippen LogP contribution in [0.5, 0.6) is 0 Å². The first-order valence-corrected chi connectivity index (χ1v) is 10.9. The predicted octanol–water partition coefficient (Wildman–Crippen LogP) is 4.95. The second-order valence-corrected chi connectivity index (χ2v) is 8.32. The van der Waals surface area contributed by atoms with E-state index < -0.39 is 11.7 Å². The van der Waals surface area contributed by atoms with Crippen LogP contribution in [0, 0.1) is 0 Å². The zero-order valence-corrected chi connectivity index (χ0v) is 18.5. The van der Waals surface area contributed by atoms with Crippen LogP contribution in [0.1, 0.15) is 23.4 Å². The van der Waals surface area contributed by atoms with E-state index in [2.05, 4.69) is 30.3 Å². The Labute approximate surface area is 197 Å². The summed E-state index contributed by atoms with van der Waals surface area (Å²) < 4.78 is 32.5. The van der Waals surface area contributed by atoms with Gasteiger partial charge in [0, 0.05) is 28.6 Å². The molecule has 0 aliphatic carbocycles. The summed E-state index contributed by atoms with van der Waals surface area (Å²) in [6.07, 6.45) is 0.577. The van der Waals surface area contributed by atoms with Crippen molar-refractivity contribution in [1.29, 1.82) is 0 Å². The van der Waals surface area contributed by atoms with E-state index in [9.17, 15) is 0 Å². The number of anilines is 1. The van der Waals surface area contributed by atoms with Crippen molar-refractivity contribution in [3.05, 3.63) is 87.0 Å². The van der Waals surface area contributed by atoms with Gasteiger partial charge in [-0.3, -0.25) is 0 Å². The van der Waals surface area contributed by atoms with Crippen molar-refractivity contribution in [2.45, 2.75) is 24.9 Å². The molecule has 0 spiro atoms. The molecular formula is C22H18ClF2N9. The molecule has 1 atom stereocenters. The van der Waals surface area contributed by atoms with Crippen LogP contribution in [0.4, 0.5) is 14.6 Å². The molecule has 2 aromatic carbocycles. The van der Waals surface area contributed by atoms with Gasteiger partial charge in [-0.15, -0.1) is 5.10 Å². The summed E-state index contributed by atoms with van der Waals surface area (Å²) in [5.74, 6) is -3.87. The number of halogens is 3. The van der Waals surface area contributed by atoms with Gasteiger partial charge in [-0.25, -0.2) is 14.6 Å². The molecule has 0 saturated carbocycles. The van der Waals surface area contributed by atoms with Gasteiger partial charge in [0.15, 0.2) is 17.0 Å². The first kappa shape index (κ1) is 22.0. The van der Waals surface area contributed by atoms with Crippen molar-refractivity contribution in [2.75, 3.05) is 18.0 Å². The van der Waals surface area contributed by atoms with Gasteiger partial charge < -0.3 is 4.90 Å². The van der Waals surface area contributed by atoms with Crippen LogP contribution in [-0.4, -0.2) is 44.1 Å². The van der Waals surface area contributed by atoms with Crippen LogP contribution in [0.3, 0.4) is 0 Å². The maximum absolute atomic E-state index is 15.5. The molecule has 12 heteroatoms. The molecule has 1 aliphatic rings. The van der Waals surface area contributed by atoms with Crippen molar-refractivity contribution in [3.63, 3.8) is 0 Å². The molecule has 1 aliphatic heterocycles. The summed E-state index contributed by atoms with van der Waals surface area (Å²) in [7, 11) is 0. The number of rotatable bonds is 6. The molecule has 9 nitrogen and oxygen atoms in total. The smallest absolute Gasteiger partial charge is 0.331 e. The van der Waals surface area contributed by atoms with E-state index in [1.807, 2.05) is 12.1 Å². The van der Waals surface area contributed by atoms with Crippen LogP contribution in [0.2, 0.25) is 5.02 Å². The normalized spacial score (nSPS) is 16.1. The minimum Gasteiger partial charge on any atom is -0.354 e. The SMILES string of the molecule is [N-]=[N+]=NC1CCN(c2nc(C(F)(F)c3ccccc3)nc3c2nnn3Cc2ccccc2Cl)C1. The molecule has 5 rings (SSSR count). The molecule has 4 aromatic rings. The Morgan fingerprint density at radius 1 is 1.12 bits per heavy atom. The first-order chi connectivity index (χ1) is 16.5. The van der Waals surface area contributed by atoms with Crippen LogP contribution in [0.15, 0.2) is 59.7 Å². The van der Waals surface area contributed by atoms with Crippen LogP contribution in [-0.2, 0) is 12.5 Å². The van der Waals surface area contributed by atoms with E-state index in [0.717, 1.165) is 5.56 Å². The van der Waals surface area contributed by atoms with Crippen LogP contribution >= 0.6 is 11.6 Å². The summed E-state index contributed by atoms with van der Waals surface area (Å²) in [5.41, 5.74) is 9.76. The maximum atomic E-state index is 15.5. The number of hydrogen-bond acceptors (Lipinski definition) is 6. The van der Waals surface area contributed by atoms with Gasteiger partial charge in [0.2, 0.25) is 5.82 Å². The Hall–Kier alpha value is -3.82. The van der Waals surface area contributed by atoms with Gasteiger partial charge in [0.05, 0.1) is 12.6 Å². The number of fused-ring (bicyclic) bond motifs is 1. The molecule has 1 fully saturated rings. The molecule has 0 N–H and O–H groups in total. The van der Waals surface area contributed by atoms with E-state index >= 15 is 8.78 Å². The lowest BCUT2D eigenvalue weighted by Gasteiger charge is -2.21. The number of azide groups is 1. The fourth-order valence-electron chi connectivity index (χ4n) is 3.98. The highest BCUT2D eigenvalue weighted by Crippen LogP contribution is 2.36.